The number of hydrogen-bond acceptors (Lipinski definition) is 5. The maximum Gasteiger partial charge on any atom is 0.272 e. The number of likely N-dealkylation sites (N-methyl/N-ethyl adjacent to an activating group) is 1. The van der Waals surface area contributed by atoms with Gasteiger partial charge in [0.1, 0.15) is 18.4 Å². The van der Waals surface area contributed by atoms with Crippen molar-refractivity contribution < 1.29 is 19.1 Å². The average Bonchev–Trinajstić information content (AvgIpc) is 3.08. The highest BCUT2D eigenvalue weighted by molar-refractivity contribution is 6.03. The monoisotopic (exact) mass is 384 g/mol. The minimum atomic E-state index is -0.797. The number of hydrogen-bond donors (Lipinski definition) is 2. The van der Waals surface area contributed by atoms with E-state index in [2.05, 4.69) is 22.4 Å². The third kappa shape index (κ3) is 3.13. The van der Waals surface area contributed by atoms with E-state index in [-0.39, 0.29) is 24.0 Å². The van der Waals surface area contributed by atoms with E-state index in [1.165, 1.54) is 4.90 Å². The summed E-state index contributed by atoms with van der Waals surface area (Å²) >= 11 is 0. The number of aromatic amines is 1. The van der Waals surface area contributed by atoms with Crippen LogP contribution in [0.5, 0.6) is 5.75 Å². The third-order valence-corrected chi connectivity index (χ3v) is 5.60. The molecule has 0 fully saturated rings. The normalized spacial score (nSPS) is 24.0. The Morgan fingerprint density at radius 2 is 2.21 bits per heavy atom. The fourth-order valence-electron chi connectivity index (χ4n) is 3.58. The molecule has 1 unspecified atom stereocenters. The van der Waals surface area contributed by atoms with Crippen LogP contribution >= 0.6 is 0 Å². The summed E-state index contributed by atoms with van der Waals surface area (Å²) in [4.78, 5) is 27.3. The lowest BCUT2D eigenvalue weighted by atomic mass is 9.90. The zero-order valence-corrected chi connectivity index (χ0v) is 16.2. The minimum absolute atomic E-state index is 0.0638. The number of aromatic nitrogens is 2. The Kier molecular flexibility index (Phi) is 4.58. The van der Waals surface area contributed by atoms with Crippen molar-refractivity contribution >= 4 is 17.5 Å². The van der Waals surface area contributed by atoms with Gasteiger partial charge < -0.3 is 19.7 Å². The number of para-hydroxylation sites is 2. The number of rotatable bonds is 3. The van der Waals surface area contributed by atoms with Gasteiger partial charge in [-0.05, 0) is 25.5 Å². The van der Waals surface area contributed by atoms with Crippen LogP contribution in [0.4, 0.5) is 5.69 Å². The lowest BCUT2D eigenvalue weighted by Crippen LogP contribution is -2.49. The number of H-pyrrole nitrogens is 1. The Labute approximate surface area is 163 Å². The van der Waals surface area contributed by atoms with Gasteiger partial charge >= 0.3 is 0 Å². The standard InChI is InChI=1S/C20H24N4O4/c1-4-20(2)9-12-13(11-28-20)22-23-17(12)18(25)21-14-10-27-16-8-6-5-7-15(16)24(3)19(14)26/h5-8,14H,4,9-11H2,1-3H3,(H,21,25)(H,22,23)/t14-,20?/m0/s1. The molecule has 4 rings (SSSR count). The van der Waals surface area contributed by atoms with Crippen molar-refractivity contribution in [3.8, 4) is 5.75 Å². The van der Waals surface area contributed by atoms with Gasteiger partial charge in [0.2, 0.25) is 0 Å². The van der Waals surface area contributed by atoms with E-state index in [4.69, 9.17) is 9.47 Å². The molecule has 0 radical (unpaired) electrons. The summed E-state index contributed by atoms with van der Waals surface area (Å²) in [6.45, 7) is 4.54. The second-order valence-electron chi connectivity index (χ2n) is 7.50. The zero-order chi connectivity index (χ0) is 19.9. The number of carbonyl (C=O) groups excluding carboxylic acids is 2. The van der Waals surface area contributed by atoms with Crippen molar-refractivity contribution in [2.75, 3.05) is 18.6 Å². The summed E-state index contributed by atoms with van der Waals surface area (Å²) in [6.07, 6.45) is 1.43. The summed E-state index contributed by atoms with van der Waals surface area (Å²) in [7, 11) is 1.68. The molecular formula is C20H24N4O4. The van der Waals surface area contributed by atoms with Gasteiger partial charge in [0.15, 0.2) is 5.69 Å². The van der Waals surface area contributed by atoms with Gasteiger partial charge in [-0.2, -0.15) is 5.10 Å². The Hall–Kier alpha value is -2.87. The molecule has 2 aliphatic rings. The molecule has 0 aliphatic carbocycles. The number of fused-ring (bicyclic) bond motifs is 2. The highest BCUT2D eigenvalue weighted by atomic mass is 16.5. The summed E-state index contributed by atoms with van der Waals surface area (Å²) in [5.41, 5.74) is 2.33. The molecule has 2 atom stereocenters. The summed E-state index contributed by atoms with van der Waals surface area (Å²) in [6, 6.07) is 6.51. The van der Waals surface area contributed by atoms with Gasteiger partial charge in [0.25, 0.3) is 11.8 Å². The molecule has 0 saturated carbocycles. The maximum atomic E-state index is 12.9. The SMILES string of the molecule is CCC1(C)Cc2c(C(=O)N[C@H]3COc4ccccc4N(C)C3=O)n[nH]c2CO1. The van der Waals surface area contributed by atoms with Crippen LogP contribution in [-0.4, -0.2) is 47.3 Å². The first-order valence-corrected chi connectivity index (χ1v) is 9.42. The molecule has 0 spiro atoms. The Balaban J connectivity index is 1.54. The molecule has 28 heavy (non-hydrogen) atoms. The zero-order valence-electron chi connectivity index (χ0n) is 16.2. The molecule has 8 heteroatoms. The van der Waals surface area contributed by atoms with Crippen molar-refractivity contribution in [3.63, 3.8) is 0 Å². The van der Waals surface area contributed by atoms with Gasteiger partial charge in [0.05, 0.1) is 23.6 Å². The third-order valence-electron chi connectivity index (χ3n) is 5.60. The molecule has 1 aromatic carbocycles. The van der Waals surface area contributed by atoms with E-state index in [0.29, 0.717) is 30.2 Å². The summed E-state index contributed by atoms with van der Waals surface area (Å²) < 4.78 is 11.6. The fourth-order valence-corrected chi connectivity index (χ4v) is 3.58. The number of nitrogens with zero attached hydrogens (tertiary/aromatic N) is 2. The first-order chi connectivity index (χ1) is 13.4. The fraction of sp³-hybridized carbons (Fsp3) is 0.450. The van der Waals surface area contributed by atoms with E-state index >= 15 is 0 Å². The van der Waals surface area contributed by atoms with Crippen LogP contribution in [0.3, 0.4) is 0 Å². The number of ether oxygens (including phenoxy) is 2. The summed E-state index contributed by atoms with van der Waals surface area (Å²) in [5.74, 6) is -0.00768. The first kappa shape index (κ1) is 18.5. The molecule has 8 nitrogen and oxygen atoms in total. The van der Waals surface area contributed by atoms with Crippen LogP contribution in [0.2, 0.25) is 0 Å². The Morgan fingerprint density at radius 1 is 1.43 bits per heavy atom. The molecule has 0 bridgehead atoms. The van der Waals surface area contributed by atoms with Crippen molar-refractivity contribution in [1.29, 1.82) is 0 Å². The van der Waals surface area contributed by atoms with Crippen molar-refractivity contribution in [2.24, 2.45) is 0 Å². The molecule has 2 N–H and O–H groups in total. The van der Waals surface area contributed by atoms with Crippen molar-refractivity contribution in [3.05, 3.63) is 41.2 Å². The number of nitrogens with one attached hydrogen (secondary N) is 2. The van der Waals surface area contributed by atoms with E-state index in [0.717, 1.165) is 17.7 Å². The van der Waals surface area contributed by atoms with Gasteiger partial charge in [-0.25, -0.2) is 0 Å². The number of amides is 2. The van der Waals surface area contributed by atoms with Crippen LogP contribution in [0.15, 0.2) is 24.3 Å². The van der Waals surface area contributed by atoms with Crippen LogP contribution in [0.1, 0.15) is 42.0 Å². The average molecular weight is 384 g/mol. The van der Waals surface area contributed by atoms with Crippen molar-refractivity contribution in [2.45, 2.75) is 44.9 Å². The molecule has 2 aromatic rings. The van der Waals surface area contributed by atoms with Crippen LogP contribution in [0.25, 0.3) is 0 Å². The van der Waals surface area contributed by atoms with E-state index in [9.17, 15) is 9.59 Å². The topological polar surface area (TPSA) is 96.5 Å². The van der Waals surface area contributed by atoms with Crippen LogP contribution < -0.4 is 15.0 Å². The Morgan fingerprint density at radius 3 is 3.00 bits per heavy atom. The van der Waals surface area contributed by atoms with Crippen molar-refractivity contribution in [1.82, 2.24) is 15.5 Å². The second kappa shape index (κ2) is 6.94. The number of benzene rings is 1. The molecule has 2 aliphatic heterocycles. The van der Waals surface area contributed by atoms with E-state index in [1.807, 2.05) is 25.1 Å². The number of carbonyl (C=O) groups is 2. The van der Waals surface area contributed by atoms with Crippen LogP contribution in [-0.2, 0) is 22.6 Å². The lowest BCUT2D eigenvalue weighted by Gasteiger charge is -2.32. The molecule has 3 heterocycles. The van der Waals surface area contributed by atoms with Gasteiger partial charge in [-0.15, -0.1) is 0 Å². The summed E-state index contributed by atoms with van der Waals surface area (Å²) in [5, 5.41) is 9.87. The highest BCUT2D eigenvalue weighted by Gasteiger charge is 2.36. The molecule has 148 valence electrons. The molecular weight excluding hydrogens is 360 g/mol. The largest absolute Gasteiger partial charge is 0.489 e. The van der Waals surface area contributed by atoms with Gasteiger partial charge in [-0.3, -0.25) is 14.7 Å². The predicted molar refractivity (Wildman–Crippen MR) is 102 cm³/mol. The molecule has 2 amide bonds. The smallest absolute Gasteiger partial charge is 0.272 e. The quantitative estimate of drug-likeness (QED) is 0.841. The minimum Gasteiger partial charge on any atom is -0.489 e. The molecule has 1 aromatic heterocycles. The maximum absolute atomic E-state index is 12.9. The van der Waals surface area contributed by atoms with Crippen LogP contribution in [0, 0.1) is 0 Å². The van der Waals surface area contributed by atoms with E-state index < -0.39 is 6.04 Å². The molecule has 0 saturated heterocycles. The second-order valence-corrected chi connectivity index (χ2v) is 7.50. The highest BCUT2D eigenvalue weighted by Crippen LogP contribution is 2.32. The predicted octanol–water partition coefficient (Wildman–Crippen LogP) is 1.80. The van der Waals surface area contributed by atoms with E-state index in [1.54, 1.807) is 13.1 Å². The van der Waals surface area contributed by atoms with Gasteiger partial charge in [-0.1, -0.05) is 19.1 Å². The lowest BCUT2D eigenvalue weighted by molar-refractivity contribution is -0.120. The Bertz CT molecular complexity index is 925. The number of anilines is 1. The van der Waals surface area contributed by atoms with Gasteiger partial charge in [0, 0.05) is 19.0 Å². The first-order valence-electron chi connectivity index (χ1n) is 9.42.